The number of ether oxygens (including phenoxy) is 1. The van der Waals surface area contributed by atoms with Gasteiger partial charge in [-0.05, 0) is 31.0 Å². The fourth-order valence-corrected chi connectivity index (χ4v) is 2.36. The molecule has 33 heavy (non-hydrogen) atoms. The zero-order valence-electron chi connectivity index (χ0n) is 19.8. The number of nitrogens with two attached hydrogens (primary N) is 1. The third-order valence-electron chi connectivity index (χ3n) is 3.96. The molecule has 0 aliphatic carbocycles. The van der Waals surface area contributed by atoms with Gasteiger partial charge in [0.2, 0.25) is 11.8 Å². The van der Waals surface area contributed by atoms with Crippen molar-refractivity contribution in [2.45, 2.75) is 44.7 Å². The van der Waals surface area contributed by atoms with Crippen LogP contribution >= 0.6 is 0 Å². The Hall–Kier alpha value is -2.45. The number of hydrogen-bond acceptors (Lipinski definition) is 6. The minimum atomic E-state index is -1.06. The Morgan fingerprint density at radius 1 is 1.06 bits per heavy atom. The first-order valence-corrected chi connectivity index (χ1v) is 9.26. The molecule has 0 saturated carbocycles. The van der Waals surface area contributed by atoms with E-state index in [4.69, 9.17) is 15.6 Å². The SMILES string of the molecule is [CH2-]C(CC(=O)O)NC(=O)CCC(=O)NCCOc1ccc(CC(N)C(C)=O)cc1.[CH3-].[CH3-].[CH3-].[Ni]. The van der Waals surface area contributed by atoms with Crippen molar-refractivity contribution >= 4 is 23.6 Å². The van der Waals surface area contributed by atoms with Gasteiger partial charge in [0.05, 0.1) is 12.6 Å². The summed E-state index contributed by atoms with van der Waals surface area (Å²) < 4.78 is 5.52. The van der Waals surface area contributed by atoms with Crippen LogP contribution in [0.3, 0.4) is 0 Å². The van der Waals surface area contributed by atoms with Crippen LogP contribution < -0.4 is 21.1 Å². The number of carbonyl (C=O) groups excluding carboxylic acids is 3. The first-order chi connectivity index (χ1) is 13.7. The van der Waals surface area contributed by atoms with Crippen molar-refractivity contribution < 1.29 is 45.5 Å². The van der Waals surface area contributed by atoms with E-state index < -0.39 is 24.0 Å². The maximum atomic E-state index is 11.7. The number of carbonyl (C=O) groups is 4. The maximum absolute atomic E-state index is 11.7. The van der Waals surface area contributed by atoms with E-state index >= 15 is 0 Å². The fraction of sp³-hybridized carbons (Fsp3) is 0.391. The summed E-state index contributed by atoms with van der Waals surface area (Å²) >= 11 is 0. The Balaban J connectivity index is -0.00000105. The second-order valence-electron chi connectivity index (χ2n) is 6.63. The van der Waals surface area contributed by atoms with Crippen LogP contribution in [0.5, 0.6) is 5.75 Å². The summed E-state index contributed by atoms with van der Waals surface area (Å²) in [7, 11) is 0. The number of hydrogen-bond donors (Lipinski definition) is 4. The smallest absolute Gasteiger partial charge is 0.302 e. The molecule has 9 nitrogen and oxygen atoms in total. The van der Waals surface area contributed by atoms with Crippen LogP contribution in [0.25, 0.3) is 0 Å². The Kier molecular flexibility index (Phi) is 23.1. The molecule has 2 unspecified atom stereocenters. The number of aliphatic carboxylic acids is 1. The predicted molar refractivity (Wildman–Crippen MR) is 125 cm³/mol. The molecule has 2 atom stereocenters. The molecule has 10 heteroatoms. The molecule has 0 bridgehead atoms. The summed E-state index contributed by atoms with van der Waals surface area (Å²) in [4.78, 5) is 45.0. The number of nitrogens with one attached hydrogen (secondary N) is 2. The fourth-order valence-electron chi connectivity index (χ4n) is 2.36. The van der Waals surface area contributed by atoms with Gasteiger partial charge in [0, 0.05) is 35.8 Å². The van der Waals surface area contributed by atoms with Gasteiger partial charge in [0.1, 0.15) is 18.1 Å². The van der Waals surface area contributed by atoms with Crippen molar-refractivity contribution in [1.82, 2.24) is 10.6 Å². The molecular weight excluding hydrogens is 473 g/mol. The van der Waals surface area contributed by atoms with Crippen molar-refractivity contribution in [3.63, 3.8) is 0 Å². The molecule has 2 amide bonds. The normalized spacial score (nSPS) is 11.0. The number of amides is 2. The van der Waals surface area contributed by atoms with Crippen molar-refractivity contribution in [2.24, 2.45) is 5.73 Å². The van der Waals surface area contributed by atoms with Gasteiger partial charge < -0.3 is 55.4 Å². The molecule has 194 valence electrons. The van der Waals surface area contributed by atoms with Crippen LogP contribution in [0.2, 0.25) is 0 Å². The topological polar surface area (TPSA) is 148 Å². The van der Waals surface area contributed by atoms with E-state index in [1.165, 1.54) is 6.92 Å². The second kappa shape index (κ2) is 20.2. The summed E-state index contributed by atoms with van der Waals surface area (Å²) in [5, 5.41) is 13.7. The third kappa shape index (κ3) is 17.7. The van der Waals surface area contributed by atoms with E-state index in [1.54, 1.807) is 12.1 Å². The van der Waals surface area contributed by atoms with E-state index in [0.717, 1.165) is 5.56 Å². The van der Waals surface area contributed by atoms with Crippen molar-refractivity contribution in [1.29, 1.82) is 0 Å². The first kappa shape index (κ1) is 37.8. The standard InChI is InChI=1S/C20H28N3O6.3CH3.Ni/c1-13(11-20(27)28)23-19(26)8-7-18(25)22-9-10-29-16-5-3-15(4-6-16)12-17(21)14(2)24;;;;/h3-6,13,17H,1,7-12,21H2,2H3,(H,22,25)(H,23,26)(H,27,28);3*1H3;/q4*-1;. The van der Waals surface area contributed by atoms with Gasteiger partial charge in [0.15, 0.2) is 0 Å². The molecular formula is C23H37N3NiO6-4. The van der Waals surface area contributed by atoms with E-state index in [1.807, 2.05) is 12.1 Å². The average molecular weight is 510 g/mol. The van der Waals surface area contributed by atoms with Crippen LogP contribution in [-0.4, -0.2) is 53.9 Å². The molecule has 0 aliphatic rings. The molecule has 0 radical (unpaired) electrons. The van der Waals surface area contributed by atoms with Gasteiger partial charge in [-0.1, -0.05) is 18.2 Å². The summed E-state index contributed by atoms with van der Waals surface area (Å²) in [5.74, 6) is -1.24. The molecule has 0 spiro atoms. The number of ketones is 1. The summed E-state index contributed by atoms with van der Waals surface area (Å²) in [5.41, 5.74) is 6.66. The van der Waals surface area contributed by atoms with Crippen LogP contribution in [0, 0.1) is 29.2 Å². The van der Waals surface area contributed by atoms with E-state index in [-0.39, 0.29) is 82.9 Å². The molecule has 0 aliphatic heterocycles. The van der Waals surface area contributed by atoms with Gasteiger partial charge in [-0.25, -0.2) is 0 Å². The molecule has 1 rings (SSSR count). The maximum Gasteiger partial charge on any atom is 0.302 e. The number of carboxylic acid groups (broad SMARTS) is 1. The van der Waals surface area contributed by atoms with E-state index in [0.29, 0.717) is 12.2 Å². The summed E-state index contributed by atoms with van der Waals surface area (Å²) in [6, 6.07) is 5.93. The monoisotopic (exact) mass is 509 g/mol. The van der Waals surface area contributed by atoms with Crippen LogP contribution in [0.4, 0.5) is 0 Å². The van der Waals surface area contributed by atoms with Gasteiger partial charge in [-0.2, -0.15) is 0 Å². The van der Waals surface area contributed by atoms with E-state index in [9.17, 15) is 19.2 Å². The Morgan fingerprint density at radius 2 is 1.61 bits per heavy atom. The molecule has 5 N–H and O–H groups in total. The van der Waals surface area contributed by atoms with Crippen molar-refractivity contribution in [2.75, 3.05) is 13.2 Å². The first-order valence-electron chi connectivity index (χ1n) is 9.26. The largest absolute Gasteiger partial charge is 0.492 e. The predicted octanol–water partition coefficient (Wildman–Crippen LogP) is 1.56. The number of rotatable bonds is 13. The molecule has 0 saturated heterocycles. The molecule has 0 heterocycles. The van der Waals surface area contributed by atoms with Crippen LogP contribution in [-0.2, 0) is 42.1 Å². The molecule has 1 aromatic rings. The number of Topliss-reactive ketones (excluding diaryl/α,β-unsaturated/α-hetero) is 1. The molecule has 0 fully saturated rings. The molecule has 0 aromatic heterocycles. The van der Waals surface area contributed by atoms with Gasteiger partial charge in [0.25, 0.3) is 0 Å². The number of benzene rings is 1. The average Bonchev–Trinajstić information content (AvgIpc) is 2.64. The Labute approximate surface area is 208 Å². The minimum absolute atomic E-state index is 0. The van der Waals surface area contributed by atoms with Crippen LogP contribution in [0.1, 0.15) is 31.7 Å². The van der Waals surface area contributed by atoms with Gasteiger partial charge in [-0.3, -0.25) is 19.2 Å². The van der Waals surface area contributed by atoms with E-state index in [2.05, 4.69) is 17.6 Å². The van der Waals surface area contributed by atoms with Gasteiger partial charge >= 0.3 is 5.97 Å². The minimum Gasteiger partial charge on any atom is -0.492 e. The molecule has 1 aromatic carbocycles. The Bertz CT molecular complexity index is 713. The third-order valence-corrected chi connectivity index (χ3v) is 3.96. The van der Waals surface area contributed by atoms with Crippen LogP contribution in [0.15, 0.2) is 24.3 Å². The van der Waals surface area contributed by atoms with Crippen molar-refractivity contribution in [3.8, 4) is 5.75 Å². The quantitative estimate of drug-likeness (QED) is 0.179. The Morgan fingerprint density at radius 3 is 2.12 bits per heavy atom. The van der Waals surface area contributed by atoms with Gasteiger partial charge in [-0.15, -0.1) is 0 Å². The van der Waals surface area contributed by atoms with Crippen molar-refractivity contribution in [3.05, 3.63) is 59.0 Å². The summed E-state index contributed by atoms with van der Waals surface area (Å²) in [6.07, 6.45) is 0.114. The second-order valence-corrected chi connectivity index (χ2v) is 6.63. The number of carboxylic acids is 1. The summed E-state index contributed by atoms with van der Waals surface area (Å²) in [6.45, 7) is 5.50. The zero-order chi connectivity index (χ0) is 21.8. The zero-order valence-corrected chi connectivity index (χ0v) is 20.8.